The van der Waals surface area contributed by atoms with Gasteiger partial charge in [-0.2, -0.15) is 8.78 Å². The van der Waals surface area contributed by atoms with Gasteiger partial charge in [-0.05, 0) is 55.3 Å². The van der Waals surface area contributed by atoms with Gasteiger partial charge >= 0.3 is 6.61 Å². The highest BCUT2D eigenvalue weighted by Crippen LogP contribution is 2.29. The van der Waals surface area contributed by atoms with Gasteiger partial charge in [0.15, 0.2) is 0 Å². The minimum Gasteiger partial charge on any atom is -0.433 e. The average molecular weight is 417 g/mol. The molecule has 144 valence electrons. The first-order valence-electron chi connectivity index (χ1n) is 7.93. The molecule has 0 atom stereocenters. The largest absolute Gasteiger partial charge is 0.433 e. The lowest BCUT2D eigenvalue weighted by molar-refractivity contribution is -0.0498. The van der Waals surface area contributed by atoms with Gasteiger partial charge < -0.3 is 10.1 Å². The number of sulfonamides is 1. The second kappa shape index (κ2) is 7.69. The molecule has 2 aromatic rings. The maximum Gasteiger partial charge on any atom is 0.387 e. The third-order valence-corrected chi connectivity index (χ3v) is 5.42. The normalized spacial score (nSPS) is 14.1. The molecule has 0 spiro atoms. The lowest BCUT2D eigenvalue weighted by Crippen LogP contribution is -2.25. The van der Waals surface area contributed by atoms with Gasteiger partial charge in [0.1, 0.15) is 5.75 Å². The first kappa shape index (κ1) is 19.4. The number of nitrogens with one attached hydrogen (secondary N) is 2. The third-order valence-electron chi connectivity index (χ3n) is 3.74. The lowest BCUT2D eigenvalue weighted by Gasteiger charge is -2.11. The highest BCUT2D eigenvalue weighted by Gasteiger charge is 2.24. The number of halogens is 3. The van der Waals surface area contributed by atoms with Crippen LogP contribution in [0.1, 0.15) is 23.2 Å². The van der Waals surface area contributed by atoms with Gasteiger partial charge in [-0.3, -0.25) is 9.52 Å². The Bertz CT molecular complexity index is 948. The molecule has 2 aromatic carbocycles. The molecule has 0 radical (unpaired) electrons. The highest BCUT2D eigenvalue weighted by molar-refractivity contribution is 7.92. The zero-order chi connectivity index (χ0) is 19.6. The molecule has 0 heterocycles. The predicted molar refractivity (Wildman–Crippen MR) is 95.8 cm³/mol. The highest BCUT2D eigenvalue weighted by atomic mass is 35.5. The molecule has 0 aliphatic heterocycles. The third kappa shape index (κ3) is 5.08. The molecule has 0 unspecified atom stereocenters. The molecular weight excluding hydrogens is 402 g/mol. The summed E-state index contributed by atoms with van der Waals surface area (Å²) in [6.07, 6.45) is 1.93. The van der Waals surface area contributed by atoms with Gasteiger partial charge in [0.05, 0.1) is 9.92 Å². The van der Waals surface area contributed by atoms with Crippen LogP contribution in [0.25, 0.3) is 0 Å². The SMILES string of the molecule is O=C(NC1CC1)c1ccc(NS(=O)(=O)c2ccc(OC(F)F)c(Cl)c2)cc1. The van der Waals surface area contributed by atoms with E-state index in [1.807, 2.05) is 0 Å². The molecule has 27 heavy (non-hydrogen) atoms. The van der Waals surface area contributed by atoms with Crippen LogP contribution in [-0.2, 0) is 10.0 Å². The van der Waals surface area contributed by atoms with Crippen molar-refractivity contribution in [2.24, 2.45) is 0 Å². The molecule has 0 saturated heterocycles. The molecule has 3 rings (SSSR count). The molecule has 2 N–H and O–H groups in total. The number of alkyl halides is 2. The standard InChI is InChI=1S/C17H15ClF2N2O4S/c18-14-9-13(7-8-15(14)26-17(19)20)27(24,25)22-12-3-1-10(2-4-12)16(23)21-11-5-6-11/h1-4,7-9,11,17,22H,5-6H2,(H,21,23). The number of rotatable bonds is 7. The average Bonchev–Trinajstić information content (AvgIpc) is 3.40. The van der Waals surface area contributed by atoms with E-state index in [1.165, 1.54) is 24.3 Å². The summed E-state index contributed by atoms with van der Waals surface area (Å²) in [5.41, 5.74) is 0.656. The van der Waals surface area contributed by atoms with E-state index in [2.05, 4.69) is 14.8 Å². The molecular formula is C17H15ClF2N2O4S. The van der Waals surface area contributed by atoms with Crippen molar-refractivity contribution >= 4 is 33.2 Å². The number of hydrogen-bond donors (Lipinski definition) is 2. The first-order chi connectivity index (χ1) is 12.7. The van der Waals surface area contributed by atoms with E-state index < -0.39 is 16.6 Å². The fourth-order valence-electron chi connectivity index (χ4n) is 2.24. The maximum absolute atomic E-state index is 12.4. The number of hydrogen-bond acceptors (Lipinski definition) is 4. The van der Waals surface area contributed by atoms with E-state index >= 15 is 0 Å². The van der Waals surface area contributed by atoms with E-state index in [1.54, 1.807) is 0 Å². The molecule has 0 aromatic heterocycles. The number of carbonyl (C=O) groups is 1. The van der Waals surface area contributed by atoms with Crippen LogP contribution in [0, 0.1) is 0 Å². The van der Waals surface area contributed by atoms with E-state index in [9.17, 15) is 22.0 Å². The zero-order valence-corrected chi connectivity index (χ0v) is 15.4. The van der Waals surface area contributed by atoms with Gasteiger partial charge in [-0.1, -0.05) is 11.6 Å². The Balaban J connectivity index is 1.72. The van der Waals surface area contributed by atoms with Crippen molar-refractivity contribution in [2.45, 2.75) is 30.4 Å². The van der Waals surface area contributed by atoms with Gasteiger partial charge in [-0.25, -0.2) is 8.42 Å². The summed E-state index contributed by atoms with van der Waals surface area (Å²) in [7, 11) is -4.00. The van der Waals surface area contributed by atoms with Crippen molar-refractivity contribution in [1.82, 2.24) is 5.32 Å². The Kier molecular flexibility index (Phi) is 5.52. The van der Waals surface area contributed by atoms with Gasteiger partial charge in [0.2, 0.25) is 0 Å². The van der Waals surface area contributed by atoms with E-state index in [4.69, 9.17) is 11.6 Å². The number of anilines is 1. The smallest absolute Gasteiger partial charge is 0.387 e. The minimum atomic E-state index is -4.00. The molecule has 1 aliphatic carbocycles. The minimum absolute atomic E-state index is 0.215. The Morgan fingerprint density at radius 2 is 1.81 bits per heavy atom. The van der Waals surface area contributed by atoms with Crippen LogP contribution in [0.15, 0.2) is 47.4 Å². The summed E-state index contributed by atoms with van der Waals surface area (Å²) < 4.78 is 55.8. The molecule has 1 aliphatic rings. The summed E-state index contributed by atoms with van der Waals surface area (Å²) >= 11 is 5.79. The van der Waals surface area contributed by atoms with Crippen molar-refractivity contribution in [3.05, 3.63) is 53.1 Å². The predicted octanol–water partition coefficient (Wildman–Crippen LogP) is 3.63. The van der Waals surface area contributed by atoms with Gasteiger partial charge in [-0.15, -0.1) is 0 Å². The molecule has 1 amide bonds. The number of amides is 1. The van der Waals surface area contributed by atoms with Crippen LogP contribution >= 0.6 is 11.6 Å². The van der Waals surface area contributed by atoms with Crippen molar-refractivity contribution in [3.8, 4) is 5.75 Å². The fraction of sp³-hybridized carbons (Fsp3) is 0.235. The van der Waals surface area contributed by atoms with Crippen LogP contribution in [-0.4, -0.2) is 27.0 Å². The van der Waals surface area contributed by atoms with E-state index in [-0.39, 0.29) is 33.3 Å². The topological polar surface area (TPSA) is 84.5 Å². The van der Waals surface area contributed by atoms with Crippen LogP contribution < -0.4 is 14.8 Å². The number of ether oxygens (including phenoxy) is 1. The summed E-state index contributed by atoms with van der Waals surface area (Å²) in [4.78, 5) is 11.7. The first-order valence-corrected chi connectivity index (χ1v) is 9.79. The summed E-state index contributed by atoms with van der Waals surface area (Å²) in [6, 6.07) is 9.29. The quantitative estimate of drug-likeness (QED) is 0.721. The van der Waals surface area contributed by atoms with Crippen LogP contribution in [0.3, 0.4) is 0 Å². The second-order valence-corrected chi connectivity index (χ2v) is 7.99. The van der Waals surface area contributed by atoms with Crippen LogP contribution in [0.5, 0.6) is 5.75 Å². The van der Waals surface area contributed by atoms with Crippen LogP contribution in [0.4, 0.5) is 14.5 Å². The van der Waals surface area contributed by atoms with Crippen molar-refractivity contribution in [3.63, 3.8) is 0 Å². The van der Waals surface area contributed by atoms with E-state index in [0.717, 1.165) is 31.0 Å². The fourth-order valence-corrected chi connectivity index (χ4v) is 3.61. The molecule has 0 bridgehead atoms. The summed E-state index contributed by atoms with van der Waals surface area (Å²) in [5.74, 6) is -0.537. The molecule has 6 nitrogen and oxygen atoms in total. The Hall–Kier alpha value is -2.39. The Morgan fingerprint density at radius 1 is 1.15 bits per heavy atom. The molecule has 1 saturated carbocycles. The van der Waals surface area contributed by atoms with Gasteiger partial charge in [0.25, 0.3) is 15.9 Å². The summed E-state index contributed by atoms with van der Waals surface area (Å²) in [5, 5.41) is 2.57. The summed E-state index contributed by atoms with van der Waals surface area (Å²) in [6.45, 7) is -3.07. The van der Waals surface area contributed by atoms with Gasteiger partial charge in [0, 0.05) is 17.3 Å². The molecule has 1 fully saturated rings. The van der Waals surface area contributed by atoms with Crippen LogP contribution in [0.2, 0.25) is 5.02 Å². The monoisotopic (exact) mass is 416 g/mol. The van der Waals surface area contributed by atoms with Crippen molar-refractivity contribution in [2.75, 3.05) is 4.72 Å². The van der Waals surface area contributed by atoms with Crippen molar-refractivity contribution in [1.29, 1.82) is 0 Å². The maximum atomic E-state index is 12.4. The Labute approximate surface area is 159 Å². The van der Waals surface area contributed by atoms with Crippen molar-refractivity contribution < 1.29 is 26.7 Å². The van der Waals surface area contributed by atoms with E-state index in [0.29, 0.717) is 5.56 Å². The number of carbonyl (C=O) groups excluding carboxylic acids is 1. The lowest BCUT2D eigenvalue weighted by atomic mass is 10.2. The Morgan fingerprint density at radius 3 is 2.37 bits per heavy atom. The zero-order valence-electron chi connectivity index (χ0n) is 13.8. The second-order valence-electron chi connectivity index (χ2n) is 5.90. The molecule has 10 heteroatoms. The number of benzene rings is 2.